The minimum absolute atomic E-state index is 0.144. The third kappa shape index (κ3) is 3.31. The van der Waals surface area contributed by atoms with E-state index in [1.54, 1.807) is 36.0 Å². The fourth-order valence-corrected chi connectivity index (χ4v) is 2.42. The van der Waals surface area contributed by atoms with E-state index in [4.69, 9.17) is 0 Å². The van der Waals surface area contributed by atoms with E-state index in [1.807, 2.05) is 6.07 Å². The number of benzene rings is 2. The fraction of sp³-hybridized carbons (Fsp3) is 0.312. The van der Waals surface area contributed by atoms with Gasteiger partial charge in [0.1, 0.15) is 5.82 Å². The van der Waals surface area contributed by atoms with Crippen LogP contribution in [-0.2, 0) is 0 Å². The van der Waals surface area contributed by atoms with Crippen LogP contribution in [0.25, 0.3) is 10.8 Å². The molecule has 20 heavy (non-hydrogen) atoms. The highest BCUT2D eigenvalue weighted by atomic mass is 32.2. The molecule has 0 aliphatic rings. The largest absolute Gasteiger partial charge is 0.352 e. The van der Waals surface area contributed by atoms with Crippen molar-refractivity contribution >= 4 is 28.4 Å². The van der Waals surface area contributed by atoms with Crippen LogP contribution in [0.15, 0.2) is 36.4 Å². The van der Waals surface area contributed by atoms with E-state index in [2.05, 4.69) is 18.5 Å². The van der Waals surface area contributed by atoms with Gasteiger partial charge in [-0.25, -0.2) is 4.39 Å². The summed E-state index contributed by atoms with van der Waals surface area (Å²) in [5.74, 6) is -0.442. The molecule has 1 N–H and O–H groups in total. The molecule has 0 spiro atoms. The highest BCUT2D eigenvalue weighted by molar-refractivity contribution is 7.99. The van der Waals surface area contributed by atoms with Crippen molar-refractivity contribution < 1.29 is 9.18 Å². The Morgan fingerprint density at radius 2 is 1.95 bits per heavy atom. The summed E-state index contributed by atoms with van der Waals surface area (Å²) in [5.41, 5.74) is 0.527. The Kier molecular flexibility index (Phi) is 5.01. The number of hydrogen-bond donors (Lipinski definition) is 1. The molecule has 1 atom stereocenters. The maximum absolute atomic E-state index is 13.7. The molecule has 0 aliphatic heterocycles. The van der Waals surface area contributed by atoms with Gasteiger partial charge in [-0.1, -0.05) is 31.2 Å². The molecule has 0 bridgehead atoms. The number of hydrogen-bond acceptors (Lipinski definition) is 2. The zero-order valence-corrected chi connectivity index (χ0v) is 12.5. The van der Waals surface area contributed by atoms with E-state index in [9.17, 15) is 9.18 Å². The van der Waals surface area contributed by atoms with Crippen LogP contribution >= 0.6 is 11.8 Å². The number of thioether (sulfide) groups is 1. The van der Waals surface area contributed by atoms with Crippen molar-refractivity contribution in [1.29, 1.82) is 0 Å². The Balaban J connectivity index is 2.16. The van der Waals surface area contributed by atoms with E-state index in [0.29, 0.717) is 28.1 Å². The number of nitrogens with one attached hydrogen (secondary N) is 1. The van der Waals surface area contributed by atoms with Gasteiger partial charge in [-0.3, -0.25) is 4.79 Å². The van der Waals surface area contributed by atoms with Crippen molar-refractivity contribution in [3.05, 3.63) is 47.8 Å². The first-order chi connectivity index (χ1) is 9.63. The van der Waals surface area contributed by atoms with Crippen molar-refractivity contribution in [1.82, 2.24) is 5.32 Å². The Bertz CT molecular complexity index is 614. The molecule has 0 fully saturated rings. The zero-order valence-electron chi connectivity index (χ0n) is 11.7. The first-order valence-corrected chi connectivity index (χ1v) is 7.90. The van der Waals surface area contributed by atoms with E-state index in [0.717, 1.165) is 6.42 Å². The van der Waals surface area contributed by atoms with Crippen LogP contribution in [0.2, 0.25) is 0 Å². The van der Waals surface area contributed by atoms with Gasteiger partial charge < -0.3 is 5.32 Å². The lowest BCUT2D eigenvalue weighted by Gasteiger charge is -2.11. The molecule has 0 radical (unpaired) electrons. The second-order valence-electron chi connectivity index (χ2n) is 4.73. The molecule has 1 unspecified atom stereocenters. The van der Waals surface area contributed by atoms with Gasteiger partial charge in [-0.2, -0.15) is 11.8 Å². The monoisotopic (exact) mass is 291 g/mol. The molecule has 0 aliphatic carbocycles. The number of amides is 1. The fourth-order valence-electron chi connectivity index (χ4n) is 2.06. The lowest BCUT2D eigenvalue weighted by Crippen LogP contribution is -2.26. The third-order valence-corrected chi connectivity index (χ3v) is 4.39. The van der Waals surface area contributed by atoms with Crippen LogP contribution in [0.1, 0.15) is 23.7 Å². The lowest BCUT2D eigenvalue weighted by molar-refractivity contribution is 0.0955. The Morgan fingerprint density at radius 1 is 1.25 bits per heavy atom. The quantitative estimate of drug-likeness (QED) is 0.906. The van der Waals surface area contributed by atoms with Gasteiger partial charge in [-0.15, -0.1) is 0 Å². The minimum Gasteiger partial charge on any atom is -0.352 e. The standard InChI is InChI=1S/C16H18FNOS/c1-11(20-2)9-10-18-16(19)14-7-8-15(17)13-6-4-3-5-12(13)14/h3-8,11H,9-10H2,1-2H3,(H,18,19). The smallest absolute Gasteiger partial charge is 0.251 e. The van der Waals surface area contributed by atoms with Crippen LogP contribution in [-0.4, -0.2) is 24.0 Å². The summed E-state index contributed by atoms with van der Waals surface area (Å²) >= 11 is 1.78. The van der Waals surface area contributed by atoms with Gasteiger partial charge in [0.15, 0.2) is 0 Å². The maximum atomic E-state index is 13.7. The normalized spacial score (nSPS) is 12.3. The minimum atomic E-state index is -0.298. The van der Waals surface area contributed by atoms with Gasteiger partial charge in [0, 0.05) is 22.7 Å². The van der Waals surface area contributed by atoms with Gasteiger partial charge >= 0.3 is 0 Å². The summed E-state index contributed by atoms with van der Waals surface area (Å²) in [4.78, 5) is 12.2. The Morgan fingerprint density at radius 3 is 2.65 bits per heavy atom. The predicted octanol–water partition coefficient (Wildman–Crippen LogP) is 3.85. The molecule has 0 saturated heterocycles. The van der Waals surface area contributed by atoms with Crippen LogP contribution in [0, 0.1) is 5.82 Å². The van der Waals surface area contributed by atoms with Crippen molar-refractivity contribution in [2.45, 2.75) is 18.6 Å². The number of rotatable bonds is 5. The molecule has 4 heteroatoms. The molecule has 0 heterocycles. The van der Waals surface area contributed by atoms with Crippen molar-refractivity contribution in [3.63, 3.8) is 0 Å². The number of carbonyl (C=O) groups is 1. The van der Waals surface area contributed by atoms with Gasteiger partial charge in [-0.05, 0) is 30.2 Å². The van der Waals surface area contributed by atoms with E-state index in [1.165, 1.54) is 6.07 Å². The SMILES string of the molecule is CSC(C)CCNC(=O)c1ccc(F)c2ccccc12. The number of carbonyl (C=O) groups excluding carboxylic acids is 1. The van der Waals surface area contributed by atoms with E-state index < -0.39 is 0 Å². The summed E-state index contributed by atoms with van der Waals surface area (Å²) in [6, 6.07) is 9.95. The average Bonchev–Trinajstić information content (AvgIpc) is 2.47. The lowest BCUT2D eigenvalue weighted by atomic mass is 10.0. The number of fused-ring (bicyclic) bond motifs is 1. The topological polar surface area (TPSA) is 29.1 Å². The summed E-state index contributed by atoms with van der Waals surface area (Å²) in [5, 5.41) is 4.55. The zero-order chi connectivity index (χ0) is 14.5. The molecule has 106 valence electrons. The van der Waals surface area contributed by atoms with Crippen LogP contribution in [0.3, 0.4) is 0 Å². The van der Waals surface area contributed by atoms with E-state index >= 15 is 0 Å². The van der Waals surface area contributed by atoms with Crippen molar-refractivity contribution in [2.75, 3.05) is 12.8 Å². The molecule has 2 aromatic carbocycles. The second-order valence-corrected chi connectivity index (χ2v) is 6.01. The first-order valence-electron chi connectivity index (χ1n) is 6.61. The predicted molar refractivity (Wildman–Crippen MR) is 83.8 cm³/mol. The summed E-state index contributed by atoms with van der Waals surface area (Å²) in [6.45, 7) is 2.76. The summed E-state index contributed by atoms with van der Waals surface area (Å²) in [7, 11) is 0. The molecule has 0 aromatic heterocycles. The molecule has 2 nitrogen and oxygen atoms in total. The highest BCUT2D eigenvalue weighted by Gasteiger charge is 2.12. The molecule has 0 saturated carbocycles. The average molecular weight is 291 g/mol. The maximum Gasteiger partial charge on any atom is 0.251 e. The van der Waals surface area contributed by atoms with Gasteiger partial charge in [0.25, 0.3) is 5.91 Å². The summed E-state index contributed by atoms with van der Waals surface area (Å²) in [6.07, 6.45) is 2.98. The molecule has 2 rings (SSSR count). The molecule has 2 aromatic rings. The van der Waals surface area contributed by atoms with Crippen LogP contribution in [0.5, 0.6) is 0 Å². The third-order valence-electron chi connectivity index (χ3n) is 3.35. The molecular formula is C16H18FNOS. The van der Waals surface area contributed by atoms with Crippen molar-refractivity contribution in [2.24, 2.45) is 0 Å². The van der Waals surface area contributed by atoms with Crippen LogP contribution < -0.4 is 5.32 Å². The first kappa shape index (κ1) is 14.9. The Hall–Kier alpha value is -1.55. The van der Waals surface area contributed by atoms with Gasteiger partial charge in [0.2, 0.25) is 0 Å². The van der Waals surface area contributed by atoms with Crippen LogP contribution in [0.4, 0.5) is 4.39 Å². The summed E-state index contributed by atoms with van der Waals surface area (Å²) < 4.78 is 13.7. The molecule has 1 amide bonds. The van der Waals surface area contributed by atoms with E-state index in [-0.39, 0.29) is 11.7 Å². The van der Waals surface area contributed by atoms with Gasteiger partial charge in [0.05, 0.1) is 0 Å². The second kappa shape index (κ2) is 6.75. The highest BCUT2D eigenvalue weighted by Crippen LogP contribution is 2.21. The Labute approximate surface area is 122 Å². The molecular weight excluding hydrogens is 273 g/mol. The number of halogens is 1. The van der Waals surface area contributed by atoms with Crippen molar-refractivity contribution in [3.8, 4) is 0 Å².